The SMILES string of the molecule is CCCN(C)c1c(Cl)cc([N+](=O)[O-])cc1C(=O)O. The van der Waals surface area contributed by atoms with Crippen LogP contribution in [-0.4, -0.2) is 29.6 Å². The molecule has 0 aliphatic rings. The van der Waals surface area contributed by atoms with E-state index in [0.717, 1.165) is 18.6 Å². The van der Waals surface area contributed by atoms with Crippen LogP contribution in [-0.2, 0) is 0 Å². The summed E-state index contributed by atoms with van der Waals surface area (Å²) < 4.78 is 0. The maximum absolute atomic E-state index is 11.1. The molecule has 6 nitrogen and oxygen atoms in total. The summed E-state index contributed by atoms with van der Waals surface area (Å²) in [5.41, 5.74) is -0.187. The summed E-state index contributed by atoms with van der Waals surface area (Å²) in [7, 11) is 1.70. The second-order valence-corrected chi connectivity index (χ2v) is 4.21. The number of carbonyl (C=O) groups is 1. The lowest BCUT2D eigenvalue weighted by molar-refractivity contribution is -0.384. The van der Waals surface area contributed by atoms with Gasteiger partial charge in [-0.3, -0.25) is 10.1 Å². The van der Waals surface area contributed by atoms with Crippen LogP contribution in [0.4, 0.5) is 11.4 Å². The molecule has 7 heteroatoms. The number of carboxylic acid groups (broad SMARTS) is 1. The van der Waals surface area contributed by atoms with Crippen LogP contribution in [0.1, 0.15) is 23.7 Å². The van der Waals surface area contributed by atoms with Crippen molar-refractivity contribution in [3.8, 4) is 0 Å². The Bertz CT molecular complexity index is 490. The van der Waals surface area contributed by atoms with E-state index < -0.39 is 10.9 Å². The molecule has 0 heterocycles. The highest BCUT2D eigenvalue weighted by atomic mass is 35.5. The molecule has 0 spiro atoms. The largest absolute Gasteiger partial charge is 0.478 e. The van der Waals surface area contributed by atoms with E-state index in [2.05, 4.69) is 0 Å². The molecule has 0 unspecified atom stereocenters. The number of nitro groups is 1. The molecule has 0 fully saturated rings. The normalized spacial score (nSPS) is 10.2. The zero-order valence-electron chi connectivity index (χ0n) is 10.0. The highest BCUT2D eigenvalue weighted by Gasteiger charge is 2.22. The number of non-ortho nitro benzene ring substituents is 1. The molecule has 0 amide bonds. The highest BCUT2D eigenvalue weighted by Crippen LogP contribution is 2.33. The molecule has 0 atom stereocenters. The third-order valence-corrected chi connectivity index (χ3v) is 2.72. The van der Waals surface area contributed by atoms with Gasteiger partial charge in [-0.2, -0.15) is 0 Å². The van der Waals surface area contributed by atoms with Gasteiger partial charge in [-0.1, -0.05) is 18.5 Å². The predicted octanol–water partition coefficient (Wildman–Crippen LogP) is 2.79. The first kappa shape index (κ1) is 14.2. The molecule has 0 radical (unpaired) electrons. The number of hydrogen-bond donors (Lipinski definition) is 1. The summed E-state index contributed by atoms with van der Waals surface area (Å²) in [5, 5.41) is 19.8. The van der Waals surface area contributed by atoms with Crippen LogP contribution in [0, 0.1) is 10.1 Å². The highest BCUT2D eigenvalue weighted by molar-refractivity contribution is 6.34. The van der Waals surface area contributed by atoms with Gasteiger partial charge in [0.2, 0.25) is 0 Å². The van der Waals surface area contributed by atoms with E-state index in [-0.39, 0.29) is 16.3 Å². The topological polar surface area (TPSA) is 83.7 Å². The zero-order valence-corrected chi connectivity index (χ0v) is 10.8. The first-order valence-electron chi connectivity index (χ1n) is 5.30. The van der Waals surface area contributed by atoms with E-state index in [0.29, 0.717) is 12.2 Å². The standard InChI is InChI=1S/C11H13ClN2O4/c1-3-4-13(2)10-8(11(15)16)5-7(14(17)18)6-9(10)12/h5-6H,3-4H2,1-2H3,(H,15,16). The number of rotatable bonds is 5. The monoisotopic (exact) mass is 272 g/mol. The van der Waals surface area contributed by atoms with Crippen LogP contribution >= 0.6 is 11.6 Å². The molecule has 98 valence electrons. The maximum Gasteiger partial charge on any atom is 0.338 e. The van der Waals surface area contributed by atoms with Gasteiger partial charge in [-0.25, -0.2) is 4.79 Å². The molecule has 0 aliphatic carbocycles. The average molecular weight is 273 g/mol. The van der Waals surface area contributed by atoms with Crippen LogP contribution in [0.15, 0.2) is 12.1 Å². The predicted molar refractivity (Wildman–Crippen MR) is 68.6 cm³/mol. The Labute approximate surface area is 109 Å². The van der Waals surface area contributed by atoms with E-state index in [1.165, 1.54) is 0 Å². The smallest absolute Gasteiger partial charge is 0.338 e. The molecule has 1 aromatic rings. The first-order chi connectivity index (χ1) is 8.38. The van der Waals surface area contributed by atoms with Crippen molar-refractivity contribution in [2.75, 3.05) is 18.5 Å². The zero-order chi connectivity index (χ0) is 13.9. The number of benzene rings is 1. The van der Waals surface area contributed by atoms with E-state index in [9.17, 15) is 14.9 Å². The van der Waals surface area contributed by atoms with Crippen LogP contribution < -0.4 is 4.90 Å². The van der Waals surface area contributed by atoms with E-state index in [1.807, 2.05) is 6.92 Å². The van der Waals surface area contributed by atoms with Gasteiger partial charge < -0.3 is 10.0 Å². The van der Waals surface area contributed by atoms with Gasteiger partial charge in [0, 0.05) is 25.7 Å². The van der Waals surface area contributed by atoms with Crippen molar-refractivity contribution in [3.05, 3.63) is 32.8 Å². The number of halogens is 1. The Hall–Kier alpha value is -1.82. The van der Waals surface area contributed by atoms with Crippen LogP contribution in [0.3, 0.4) is 0 Å². The Balaban J connectivity index is 3.40. The molecule has 1 aromatic carbocycles. The van der Waals surface area contributed by atoms with Gasteiger partial charge in [0.15, 0.2) is 0 Å². The summed E-state index contributed by atoms with van der Waals surface area (Å²) in [4.78, 5) is 22.8. The van der Waals surface area contributed by atoms with Gasteiger partial charge in [0.1, 0.15) is 0 Å². The molecular weight excluding hydrogens is 260 g/mol. The summed E-state index contributed by atoms with van der Waals surface area (Å²) in [6.07, 6.45) is 0.808. The first-order valence-corrected chi connectivity index (χ1v) is 5.68. The van der Waals surface area contributed by atoms with Gasteiger partial charge in [-0.15, -0.1) is 0 Å². The number of anilines is 1. The number of carboxylic acids is 1. The lowest BCUT2D eigenvalue weighted by atomic mass is 10.1. The minimum atomic E-state index is -1.24. The number of aromatic carboxylic acids is 1. The molecule has 0 aromatic heterocycles. The molecule has 18 heavy (non-hydrogen) atoms. The molecule has 0 bridgehead atoms. The maximum atomic E-state index is 11.1. The van der Waals surface area contributed by atoms with Crippen molar-refractivity contribution in [1.82, 2.24) is 0 Å². The van der Waals surface area contributed by atoms with Crippen molar-refractivity contribution >= 4 is 28.9 Å². The van der Waals surface area contributed by atoms with E-state index in [1.54, 1.807) is 11.9 Å². The summed E-state index contributed by atoms with van der Waals surface area (Å²) in [6, 6.07) is 2.19. The Morgan fingerprint density at radius 2 is 2.17 bits per heavy atom. The third kappa shape index (κ3) is 2.89. The third-order valence-electron chi connectivity index (χ3n) is 2.43. The number of nitro benzene ring substituents is 1. The molecule has 1 N–H and O–H groups in total. The molecule has 0 aliphatic heterocycles. The number of nitrogens with zero attached hydrogens (tertiary/aromatic N) is 2. The molecule has 1 rings (SSSR count). The fraction of sp³-hybridized carbons (Fsp3) is 0.364. The number of hydrogen-bond acceptors (Lipinski definition) is 4. The lowest BCUT2D eigenvalue weighted by Crippen LogP contribution is -2.21. The quantitative estimate of drug-likeness (QED) is 0.658. The molecule has 0 saturated heterocycles. The van der Waals surface area contributed by atoms with Crippen molar-refractivity contribution < 1.29 is 14.8 Å². The van der Waals surface area contributed by atoms with Crippen LogP contribution in [0.5, 0.6) is 0 Å². The Morgan fingerprint density at radius 3 is 2.61 bits per heavy atom. The summed E-state index contributed by atoms with van der Waals surface area (Å²) in [6.45, 7) is 2.55. The minimum Gasteiger partial charge on any atom is -0.478 e. The van der Waals surface area contributed by atoms with Gasteiger partial charge in [0.05, 0.1) is 21.2 Å². The van der Waals surface area contributed by atoms with Gasteiger partial charge in [0.25, 0.3) is 5.69 Å². The lowest BCUT2D eigenvalue weighted by Gasteiger charge is -2.21. The minimum absolute atomic E-state index is 0.0672. The fourth-order valence-corrected chi connectivity index (χ4v) is 2.05. The van der Waals surface area contributed by atoms with Gasteiger partial charge in [-0.05, 0) is 6.42 Å². The van der Waals surface area contributed by atoms with Crippen molar-refractivity contribution in [2.24, 2.45) is 0 Å². The van der Waals surface area contributed by atoms with Crippen molar-refractivity contribution in [1.29, 1.82) is 0 Å². The average Bonchev–Trinajstić information content (AvgIpc) is 2.27. The van der Waals surface area contributed by atoms with Crippen molar-refractivity contribution in [3.63, 3.8) is 0 Å². The van der Waals surface area contributed by atoms with Gasteiger partial charge >= 0.3 is 5.97 Å². The van der Waals surface area contributed by atoms with E-state index >= 15 is 0 Å². The summed E-state index contributed by atoms with van der Waals surface area (Å²) in [5.74, 6) is -1.24. The molecule has 0 saturated carbocycles. The van der Waals surface area contributed by atoms with Crippen molar-refractivity contribution in [2.45, 2.75) is 13.3 Å². The Morgan fingerprint density at radius 1 is 1.56 bits per heavy atom. The Kier molecular flexibility index (Phi) is 4.49. The second kappa shape index (κ2) is 5.68. The summed E-state index contributed by atoms with van der Waals surface area (Å²) >= 11 is 5.94. The second-order valence-electron chi connectivity index (χ2n) is 3.81. The fourth-order valence-electron chi connectivity index (χ4n) is 1.69. The van der Waals surface area contributed by atoms with E-state index in [4.69, 9.17) is 16.7 Å². The van der Waals surface area contributed by atoms with Crippen LogP contribution in [0.25, 0.3) is 0 Å². The molecular formula is C11H13ClN2O4. The van der Waals surface area contributed by atoms with Crippen LogP contribution in [0.2, 0.25) is 5.02 Å².